The van der Waals surface area contributed by atoms with Gasteiger partial charge in [0.15, 0.2) is 0 Å². The summed E-state index contributed by atoms with van der Waals surface area (Å²) in [6.07, 6.45) is 1.43. The Balaban J connectivity index is 2.03. The third kappa shape index (κ3) is 4.52. The second-order valence-corrected chi connectivity index (χ2v) is 6.81. The van der Waals surface area contributed by atoms with Crippen LogP contribution < -0.4 is 4.72 Å². The Morgan fingerprint density at radius 3 is 2.76 bits per heavy atom. The first-order valence-electron chi connectivity index (χ1n) is 6.56. The van der Waals surface area contributed by atoms with Crippen LogP contribution in [0.4, 0.5) is 0 Å². The van der Waals surface area contributed by atoms with Crippen LogP contribution in [0.2, 0.25) is 5.02 Å². The molecule has 1 aromatic carbocycles. The molecule has 21 heavy (non-hydrogen) atoms. The minimum absolute atomic E-state index is 0.0243. The Bertz CT molecular complexity index is 700. The van der Waals surface area contributed by atoms with E-state index in [2.05, 4.69) is 14.9 Å². The van der Waals surface area contributed by atoms with Crippen LogP contribution in [0.3, 0.4) is 0 Å². The summed E-state index contributed by atoms with van der Waals surface area (Å²) in [5.41, 5.74) is 0.617. The minimum Gasteiger partial charge on any atom is -0.419 e. The van der Waals surface area contributed by atoms with Gasteiger partial charge >= 0.3 is 0 Å². The number of aromatic nitrogens is 2. The van der Waals surface area contributed by atoms with Crippen molar-refractivity contribution in [2.45, 2.75) is 26.3 Å². The molecule has 0 radical (unpaired) electrons. The molecule has 0 spiro atoms. The van der Waals surface area contributed by atoms with Crippen molar-refractivity contribution in [2.75, 3.05) is 5.75 Å². The first-order valence-corrected chi connectivity index (χ1v) is 8.59. The Hall–Kier alpha value is -1.44. The largest absolute Gasteiger partial charge is 0.419 e. The first-order chi connectivity index (χ1) is 10.0. The number of rotatable bonds is 7. The van der Waals surface area contributed by atoms with Crippen LogP contribution in [0.15, 0.2) is 28.7 Å². The van der Waals surface area contributed by atoms with Gasteiger partial charge in [0.25, 0.3) is 0 Å². The summed E-state index contributed by atoms with van der Waals surface area (Å²) in [6.45, 7) is 1.91. The molecule has 0 atom stereocenters. The number of halogens is 1. The van der Waals surface area contributed by atoms with Gasteiger partial charge in [0.05, 0.1) is 22.9 Å². The maximum atomic E-state index is 11.7. The van der Waals surface area contributed by atoms with Crippen LogP contribution in [0.1, 0.15) is 25.7 Å². The number of hydrogen-bond acceptors (Lipinski definition) is 5. The van der Waals surface area contributed by atoms with E-state index in [0.717, 1.165) is 6.42 Å². The van der Waals surface area contributed by atoms with Gasteiger partial charge in [-0.15, -0.1) is 10.2 Å². The van der Waals surface area contributed by atoms with Crippen molar-refractivity contribution in [3.63, 3.8) is 0 Å². The number of benzene rings is 1. The van der Waals surface area contributed by atoms with Crippen molar-refractivity contribution >= 4 is 21.6 Å². The second-order valence-electron chi connectivity index (χ2n) is 4.47. The third-order valence-corrected chi connectivity index (χ3v) is 4.52. The van der Waals surface area contributed by atoms with Crippen LogP contribution in [0.5, 0.6) is 0 Å². The summed E-state index contributed by atoms with van der Waals surface area (Å²) < 4.78 is 31.2. The molecule has 1 N–H and O–H groups in total. The molecule has 0 bridgehead atoms. The van der Waals surface area contributed by atoms with Gasteiger partial charge in [-0.3, -0.25) is 0 Å². The monoisotopic (exact) mass is 329 g/mol. The second kappa shape index (κ2) is 7.02. The molecule has 114 valence electrons. The molecule has 0 saturated carbocycles. The highest BCUT2D eigenvalue weighted by Gasteiger charge is 2.14. The van der Waals surface area contributed by atoms with E-state index in [-0.39, 0.29) is 24.1 Å². The number of hydrogen-bond donors (Lipinski definition) is 1. The van der Waals surface area contributed by atoms with Crippen molar-refractivity contribution in [1.82, 2.24) is 14.9 Å². The normalized spacial score (nSPS) is 11.7. The zero-order valence-corrected chi connectivity index (χ0v) is 13.1. The number of nitrogens with one attached hydrogen (secondary N) is 1. The van der Waals surface area contributed by atoms with Gasteiger partial charge < -0.3 is 4.42 Å². The van der Waals surface area contributed by atoms with Crippen LogP contribution in [-0.2, 0) is 16.6 Å². The fraction of sp³-hybridized carbons (Fsp3) is 0.385. The fourth-order valence-corrected chi connectivity index (χ4v) is 3.02. The van der Waals surface area contributed by atoms with Crippen molar-refractivity contribution < 1.29 is 12.8 Å². The summed E-state index contributed by atoms with van der Waals surface area (Å²) in [7, 11) is -3.31. The quantitative estimate of drug-likeness (QED) is 0.844. The fourth-order valence-electron chi connectivity index (χ4n) is 1.65. The number of nitrogens with zero attached hydrogens (tertiary/aromatic N) is 2. The summed E-state index contributed by atoms with van der Waals surface area (Å²) >= 11 is 6.04. The van der Waals surface area contributed by atoms with Crippen LogP contribution in [0, 0.1) is 0 Å². The van der Waals surface area contributed by atoms with Gasteiger partial charge in [0.1, 0.15) is 0 Å². The molecule has 1 aromatic heterocycles. The molecule has 0 aliphatic carbocycles. The average molecular weight is 330 g/mol. The van der Waals surface area contributed by atoms with Gasteiger partial charge in [-0.05, 0) is 18.6 Å². The van der Waals surface area contributed by atoms with Crippen molar-refractivity contribution in [1.29, 1.82) is 0 Å². The molecular weight excluding hydrogens is 314 g/mol. The van der Waals surface area contributed by atoms with E-state index < -0.39 is 10.0 Å². The van der Waals surface area contributed by atoms with E-state index in [1.807, 2.05) is 6.92 Å². The SMILES string of the molecule is CCCCS(=O)(=O)NCc1nnc(-c2ccccc2Cl)o1. The summed E-state index contributed by atoms with van der Waals surface area (Å²) in [5.74, 6) is 0.558. The zero-order chi connectivity index (χ0) is 15.3. The smallest absolute Gasteiger partial charge is 0.249 e. The summed E-state index contributed by atoms with van der Waals surface area (Å²) in [4.78, 5) is 0. The Labute approximate surface area is 128 Å². The molecule has 6 nitrogen and oxygen atoms in total. The molecule has 0 unspecified atom stereocenters. The Kier molecular flexibility index (Phi) is 5.33. The predicted octanol–water partition coefficient (Wildman–Crippen LogP) is 2.61. The van der Waals surface area contributed by atoms with Crippen LogP contribution >= 0.6 is 11.6 Å². The van der Waals surface area contributed by atoms with Gasteiger partial charge in [0, 0.05) is 0 Å². The lowest BCUT2D eigenvalue weighted by Gasteiger charge is -2.02. The van der Waals surface area contributed by atoms with Crippen LogP contribution in [0.25, 0.3) is 11.5 Å². The molecule has 0 amide bonds. The molecule has 0 aliphatic rings. The maximum Gasteiger partial charge on any atom is 0.249 e. The molecular formula is C13H16ClN3O3S. The molecule has 0 fully saturated rings. The Morgan fingerprint density at radius 2 is 2.05 bits per heavy atom. The summed E-state index contributed by atoms with van der Waals surface area (Å²) in [6, 6.07) is 7.07. The Morgan fingerprint density at radius 1 is 1.29 bits per heavy atom. The molecule has 2 aromatic rings. The molecule has 0 saturated heterocycles. The van der Waals surface area contributed by atoms with E-state index in [0.29, 0.717) is 17.0 Å². The molecule has 1 heterocycles. The topological polar surface area (TPSA) is 85.1 Å². The van der Waals surface area contributed by atoms with Crippen LogP contribution in [-0.4, -0.2) is 24.4 Å². The number of sulfonamides is 1. The molecule has 0 aliphatic heterocycles. The lowest BCUT2D eigenvalue weighted by Crippen LogP contribution is -2.26. The first kappa shape index (κ1) is 15.9. The van der Waals surface area contributed by atoms with Gasteiger partial charge in [-0.2, -0.15) is 0 Å². The minimum atomic E-state index is -3.31. The van der Waals surface area contributed by atoms with Crippen molar-refractivity contribution in [2.24, 2.45) is 0 Å². The van der Waals surface area contributed by atoms with E-state index >= 15 is 0 Å². The molecule has 8 heteroatoms. The summed E-state index contributed by atoms with van der Waals surface area (Å²) in [5, 5.41) is 8.19. The van der Waals surface area contributed by atoms with Gasteiger partial charge in [-0.25, -0.2) is 13.1 Å². The predicted molar refractivity (Wildman–Crippen MR) is 80.3 cm³/mol. The van der Waals surface area contributed by atoms with E-state index in [4.69, 9.17) is 16.0 Å². The lowest BCUT2D eigenvalue weighted by atomic mass is 10.2. The number of unbranched alkanes of at least 4 members (excludes halogenated alkanes) is 1. The van der Waals surface area contributed by atoms with Crippen molar-refractivity contribution in [3.8, 4) is 11.5 Å². The highest BCUT2D eigenvalue weighted by molar-refractivity contribution is 7.89. The average Bonchev–Trinajstić information content (AvgIpc) is 2.92. The maximum absolute atomic E-state index is 11.7. The van der Waals surface area contributed by atoms with E-state index in [9.17, 15) is 8.42 Å². The van der Waals surface area contributed by atoms with Gasteiger partial charge in [0.2, 0.25) is 21.8 Å². The standard InChI is InChI=1S/C13H16ClN3O3S/c1-2-3-8-21(18,19)15-9-12-16-17-13(20-12)10-6-4-5-7-11(10)14/h4-7,15H,2-3,8-9H2,1H3. The molecule has 2 rings (SSSR count). The van der Waals surface area contributed by atoms with Crippen molar-refractivity contribution in [3.05, 3.63) is 35.2 Å². The van der Waals surface area contributed by atoms with E-state index in [1.54, 1.807) is 24.3 Å². The third-order valence-electron chi connectivity index (χ3n) is 2.78. The lowest BCUT2D eigenvalue weighted by molar-refractivity contribution is 0.494. The highest BCUT2D eigenvalue weighted by atomic mass is 35.5. The van der Waals surface area contributed by atoms with E-state index in [1.165, 1.54) is 0 Å². The zero-order valence-electron chi connectivity index (χ0n) is 11.5. The van der Waals surface area contributed by atoms with Gasteiger partial charge in [-0.1, -0.05) is 37.1 Å². The highest BCUT2D eigenvalue weighted by Crippen LogP contribution is 2.26.